The largest absolute Gasteiger partial charge is 0.328 e. The predicted octanol–water partition coefficient (Wildman–Crippen LogP) is 3.13. The quantitative estimate of drug-likeness (QED) is 0.508. The van der Waals surface area contributed by atoms with E-state index in [1.165, 1.54) is 17.5 Å². The fraction of sp³-hybridized carbons (Fsp3) is 0.389. The second kappa shape index (κ2) is 8.23. The summed E-state index contributed by atoms with van der Waals surface area (Å²) < 4.78 is 0.520. The highest BCUT2D eigenvalue weighted by atomic mass is 35.5. The molecule has 0 bridgehead atoms. The van der Waals surface area contributed by atoms with Gasteiger partial charge in [-0.3, -0.25) is 10.2 Å². The Morgan fingerprint density at radius 1 is 1.52 bits per heavy atom. The summed E-state index contributed by atoms with van der Waals surface area (Å²) in [4.78, 5) is 18.7. The van der Waals surface area contributed by atoms with Crippen LogP contribution in [0.5, 0.6) is 0 Å². The molecule has 2 aromatic rings. The van der Waals surface area contributed by atoms with Crippen molar-refractivity contribution in [3.05, 3.63) is 39.9 Å². The van der Waals surface area contributed by atoms with E-state index >= 15 is 0 Å². The first-order valence-electron chi connectivity index (χ1n) is 8.56. The van der Waals surface area contributed by atoms with Crippen LogP contribution in [-0.2, 0) is 5.41 Å². The highest BCUT2D eigenvalue weighted by Crippen LogP contribution is 2.43. The normalized spacial score (nSPS) is 18.2. The molecule has 3 N–H and O–H groups in total. The zero-order chi connectivity index (χ0) is 19.4. The van der Waals surface area contributed by atoms with Gasteiger partial charge in [0.05, 0.1) is 17.8 Å². The number of hydrogen-bond donors (Lipinski definition) is 3. The Morgan fingerprint density at radius 3 is 3.00 bits per heavy atom. The molecular weight excluding hydrogens is 384 g/mol. The Kier molecular flexibility index (Phi) is 5.97. The number of nitrogens with zero attached hydrogens (tertiary/aromatic N) is 3. The summed E-state index contributed by atoms with van der Waals surface area (Å²) in [5.41, 5.74) is 2.18. The molecule has 0 fully saturated rings. The average Bonchev–Trinajstić information content (AvgIpc) is 3.20. The van der Waals surface area contributed by atoms with Crippen LogP contribution in [-0.4, -0.2) is 37.8 Å². The SMILES string of the molecule is CNCNCC[C@@]1(C)CN(C(=O)Nc2ncc(Cl)s2)c2ccc(C#N)cc21. The average molecular weight is 405 g/mol. The Hall–Kier alpha value is -2.18. The first-order valence-corrected chi connectivity index (χ1v) is 9.76. The van der Waals surface area contributed by atoms with Gasteiger partial charge < -0.3 is 10.6 Å². The van der Waals surface area contributed by atoms with Crippen LogP contribution >= 0.6 is 22.9 Å². The predicted molar refractivity (Wildman–Crippen MR) is 109 cm³/mol. The van der Waals surface area contributed by atoms with Crippen molar-refractivity contribution in [3.63, 3.8) is 0 Å². The van der Waals surface area contributed by atoms with E-state index in [-0.39, 0.29) is 11.4 Å². The van der Waals surface area contributed by atoms with Crippen molar-refractivity contribution in [2.45, 2.75) is 18.8 Å². The monoisotopic (exact) mass is 404 g/mol. The number of halogens is 1. The van der Waals surface area contributed by atoms with Crippen molar-refractivity contribution in [3.8, 4) is 6.07 Å². The Balaban J connectivity index is 1.84. The summed E-state index contributed by atoms with van der Waals surface area (Å²) in [7, 11) is 1.88. The number of anilines is 2. The zero-order valence-corrected chi connectivity index (χ0v) is 16.7. The van der Waals surface area contributed by atoms with Gasteiger partial charge in [-0.05, 0) is 43.8 Å². The summed E-state index contributed by atoms with van der Waals surface area (Å²) in [5.74, 6) is 0. The minimum atomic E-state index is -0.251. The van der Waals surface area contributed by atoms with E-state index in [1.807, 2.05) is 19.2 Å². The van der Waals surface area contributed by atoms with E-state index in [1.54, 1.807) is 11.0 Å². The lowest BCUT2D eigenvalue weighted by atomic mass is 9.81. The van der Waals surface area contributed by atoms with E-state index in [2.05, 4.69) is 33.9 Å². The number of aromatic nitrogens is 1. The molecule has 0 aliphatic carbocycles. The molecule has 9 heteroatoms. The van der Waals surface area contributed by atoms with Gasteiger partial charge in [0.2, 0.25) is 0 Å². The maximum Gasteiger partial charge on any atom is 0.328 e. The molecule has 1 aliphatic rings. The van der Waals surface area contributed by atoms with Gasteiger partial charge >= 0.3 is 6.03 Å². The van der Waals surface area contributed by atoms with Gasteiger partial charge in [0, 0.05) is 24.3 Å². The Labute approximate surface area is 167 Å². The smallest absolute Gasteiger partial charge is 0.308 e. The molecule has 7 nitrogen and oxygen atoms in total. The summed E-state index contributed by atoms with van der Waals surface area (Å²) in [6.45, 7) is 4.17. The molecule has 3 rings (SSSR count). The highest BCUT2D eigenvalue weighted by Gasteiger charge is 2.41. The number of benzene rings is 1. The fourth-order valence-electron chi connectivity index (χ4n) is 3.29. The summed E-state index contributed by atoms with van der Waals surface area (Å²) in [6, 6.07) is 7.41. The van der Waals surface area contributed by atoms with E-state index < -0.39 is 0 Å². The maximum atomic E-state index is 12.9. The highest BCUT2D eigenvalue weighted by molar-refractivity contribution is 7.19. The molecule has 1 aliphatic heterocycles. The van der Waals surface area contributed by atoms with Crippen LogP contribution in [0.2, 0.25) is 4.34 Å². The molecular formula is C18H21ClN6OS. The lowest BCUT2D eigenvalue weighted by Crippen LogP contribution is -2.39. The van der Waals surface area contributed by atoms with Gasteiger partial charge in [-0.15, -0.1) is 0 Å². The summed E-state index contributed by atoms with van der Waals surface area (Å²) >= 11 is 7.11. The topological polar surface area (TPSA) is 93.1 Å². The van der Waals surface area contributed by atoms with Gasteiger partial charge in [0.25, 0.3) is 0 Å². The number of thiazole rings is 1. The van der Waals surface area contributed by atoms with Crippen molar-refractivity contribution in [1.82, 2.24) is 15.6 Å². The fourth-order valence-corrected chi connectivity index (χ4v) is 4.09. The summed E-state index contributed by atoms with van der Waals surface area (Å²) in [5, 5.41) is 18.9. The number of rotatable bonds is 6. The molecule has 142 valence electrons. The minimum absolute atomic E-state index is 0.249. The number of carbonyl (C=O) groups excluding carboxylic acids is 1. The van der Waals surface area contributed by atoms with Crippen LogP contribution in [0.25, 0.3) is 0 Å². The van der Waals surface area contributed by atoms with E-state index in [0.29, 0.717) is 21.6 Å². The van der Waals surface area contributed by atoms with Crippen LogP contribution < -0.4 is 20.9 Å². The van der Waals surface area contributed by atoms with Crippen molar-refractivity contribution in [2.24, 2.45) is 0 Å². The molecule has 2 amide bonds. The van der Waals surface area contributed by atoms with Crippen molar-refractivity contribution in [1.29, 1.82) is 5.26 Å². The van der Waals surface area contributed by atoms with Gasteiger partial charge in [-0.2, -0.15) is 5.26 Å². The molecule has 27 heavy (non-hydrogen) atoms. The minimum Gasteiger partial charge on any atom is -0.308 e. The van der Waals surface area contributed by atoms with E-state index in [9.17, 15) is 10.1 Å². The molecule has 1 aromatic carbocycles. The van der Waals surface area contributed by atoms with Gasteiger partial charge in [0.15, 0.2) is 5.13 Å². The lowest BCUT2D eigenvalue weighted by Gasteiger charge is -2.26. The molecule has 0 radical (unpaired) electrons. The van der Waals surface area contributed by atoms with Gasteiger partial charge in [0.1, 0.15) is 4.34 Å². The number of nitriles is 1. The second-order valence-electron chi connectivity index (χ2n) is 6.67. The number of hydrogen-bond acceptors (Lipinski definition) is 6. The number of carbonyl (C=O) groups is 1. The van der Waals surface area contributed by atoms with Gasteiger partial charge in [-0.1, -0.05) is 29.9 Å². The Bertz CT molecular complexity index is 879. The van der Waals surface area contributed by atoms with Crippen LogP contribution in [0.15, 0.2) is 24.4 Å². The molecule has 1 atom stereocenters. The molecule has 0 unspecified atom stereocenters. The molecule has 0 saturated carbocycles. The van der Waals surface area contributed by atoms with Crippen molar-refractivity contribution in [2.75, 3.05) is 37.0 Å². The zero-order valence-electron chi connectivity index (χ0n) is 15.2. The summed E-state index contributed by atoms with van der Waals surface area (Å²) in [6.07, 6.45) is 2.35. The van der Waals surface area contributed by atoms with Crippen molar-refractivity contribution < 1.29 is 4.79 Å². The van der Waals surface area contributed by atoms with Gasteiger partial charge in [-0.25, -0.2) is 9.78 Å². The molecule has 2 heterocycles. The van der Waals surface area contributed by atoms with Crippen LogP contribution in [0.1, 0.15) is 24.5 Å². The number of amides is 2. The van der Waals surface area contributed by atoms with Crippen LogP contribution in [0.4, 0.5) is 15.6 Å². The van der Waals surface area contributed by atoms with Crippen LogP contribution in [0.3, 0.4) is 0 Å². The second-order valence-corrected chi connectivity index (χ2v) is 8.33. The maximum absolute atomic E-state index is 12.9. The van der Waals surface area contributed by atoms with E-state index in [4.69, 9.17) is 11.6 Å². The van der Waals surface area contributed by atoms with Crippen molar-refractivity contribution >= 4 is 39.8 Å². The number of urea groups is 1. The van der Waals surface area contributed by atoms with E-state index in [0.717, 1.165) is 30.9 Å². The molecule has 1 aromatic heterocycles. The third kappa shape index (κ3) is 4.22. The first kappa shape index (κ1) is 19.6. The third-order valence-corrected chi connectivity index (χ3v) is 5.70. The van der Waals surface area contributed by atoms with Crippen LogP contribution in [0, 0.1) is 11.3 Å². The number of nitrogens with one attached hydrogen (secondary N) is 3. The molecule has 0 saturated heterocycles. The molecule has 0 spiro atoms. The standard InChI is InChI=1S/C18H21ClN6OS/c1-18(5-6-22-11-21-2)10-25(14-4-3-12(8-20)7-13(14)18)17(26)24-16-23-9-15(19)27-16/h3-4,7,9,21-22H,5-6,10-11H2,1-2H3,(H,23,24,26)/t18-/m0/s1. The Morgan fingerprint density at radius 2 is 2.33 bits per heavy atom. The lowest BCUT2D eigenvalue weighted by molar-refractivity contribution is 0.256. The first-order chi connectivity index (χ1) is 13.0. The third-order valence-electron chi connectivity index (χ3n) is 4.67. The number of fused-ring (bicyclic) bond motifs is 1.